The van der Waals surface area contributed by atoms with Crippen molar-refractivity contribution in [2.24, 2.45) is 0 Å². The molecule has 2 heterocycles. The third-order valence-electron chi connectivity index (χ3n) is 3.17. The Morgan fingerprint density at radius 3 is 2.95 bits per heavy atom. The molecule has 2 aromatic rings. The van der Waals surface area contributed by atoms with Crippen LogP contribution < -0.4 is 0 Å². The van der Waals surface area contributed by atoms with Crippen molar-refractivity contribution in [2.75, 3.05) is 0 Å². The van der Waals surface area contributed by atoms with Crippen LogP contribution in [0, 0.1) is 0 Å². The van der Waals surface area contributed by atoms with Crippen molar-refractivity contribution in [3.63, 3.8) is 0 Å². The van der Waals surface area contributed by atoms with Crippen LogP contribution >= 0.6 is 11.8 Å². The monoisotopic (exact) mass is 292 g/mol. The molecule has 1 saturated carbocycles. The highest BCUT2D eigenvalue weighted by molar-refractivity contribution is 7.99. The minimum Gasteiger partial charge on any atom is -0.477 e. The lowest BCUT2D eigenvalue weighted by Gasteiger charge is -2.10. The van der Waals surface area contributed by atoms with Crippen LogP contribution in [-0.2, 0) is 0 Å². The lowest BCUT2D eigenvalue weighted by Crippen LogP contribution is -2.08. The zero-order valence-electron chi connectivity index (χ0n) is 10.5. The second-order valence-electron chi connectivity index (χ2n) is 4.48. The van der Waals surface area contributed by atoms with E-state index in [4.69, 9.17) is 5.11 Å². The van der Waals surface area contributed by atoms with E-state index in [1.165, 1.54) is 36.9 Å². The molecule has 9 heteroatoms. The predicted octanol–water partition coefficient (Wildman–Crippen LogP) is 1.43. The Balaban J connectivity index is 1.82. The number of rotatable bonds is 4. The predicted molar refractivity (Wildman–Crippen MR) is 68.4 cm³/mol. The maximum atomic E-state index is 10.9. The molecule has 0 aromatic carbocycles. The van der Waals surface area contributed by atoms with Crippen molar-refractivity contribution in [3.05, 3.63) is 18.0 Å². The Bertz CT molecular complexity index is 625. The minimum atomic E-state index is -1.08. The second kappa shape index (κ2) is 5.53. The largest absolute Gasteiger partial charge is 0.477 e. The first-order valence-electron chi connectivity index (χ1n) is 6.26. The molecule has 0 saturated heterocycles. The van der Waals surface area contributed by atoms with Gasteiger partial charge < -0.3 is 5.11 Å². The zero-order chi connectivity index (χ0) is 13.9. The smallest absolute Gasteiger partial charge is 0.354 e. The molecule has 1 N–H and O–H groups in total. The fourth-order valence-electron chi connectivity index (χ4n) is 2.22. The summed E-state index contributed by atoms with van der Waals surface area (Å²) in [6.07, 6.45) is 5.91. The summed E-state index contributed by atoms with van der Waals surface area (Å²) in [5.41, 5.74) is -0.0395. The van der Waals surface area contributed by atoms with Gasteiger partial charge in [-0.05, 0) is 41.1 Å². The van der Waals surface area contributed by atoms with E-state index in [0.717, 1.165) is 12.8 Å². The Labute approximate surface area is 118 Å². The van der Waals surface area contributed by atoms with E-state index < -0.39 is 5.97 Å². The molecule has 0 atom stereocenters. The first-order chi connectivity index (χ1) is 9.74. The van der Waals surface area contributed by atoms with E-state index in [1.807, 2.05) is 0 Å². The average Bonchev–Trinajstić information content (AvgIpc) is 3.09. The van der Waals surface area contributed by atoms with Crippen molar-refractivity contribution in [2.45, 2.75) is 42.0 Å². The van der Waals surface area contributed by atoms with Gasteiger partial charge in [-0.25, -0.2) is 19.4 Å². The molecule has 0 aliphatic heterocycles. The van der Waals surface area contributed by atoms with Gasteiger partial charge in [0.2, 0.25) is 5.16 Å². The maximum Gasteiger partial charge on any atom is 0.354 e. The molecule has 0 bridgehead atoms. The molecule has 1 aliphatic carbocycles. The highest BCUT2D eigenvalue weighted by Crippen LogP contribution is 2.32. The van der Waals surface area contributed by atoms with E-state index >= 15 is 0 Å². The Kier molecular flexibility index (Phi) is 3.59. The van der Waals surface area contributed by atoms with Gasteiger partial charge in [0, 0.05) is 6.20 Å². The first-order valence-corrected chi connectivity index (χ1v) is 7.08. The van der Waals surface area contributed by atoms with Gasteiger partial charge in [0.1, 0.15) is 0 Å². The lowest BCUT2D eigenvalue weighted by molar-refractivity contribution is 0.0689. The molecule has 1 fully saturated rings. The molecule has 2 aromatic heterocycles. The average molecular weight is 292 g/mol. The third-order valence-corrected chi connectivity index (χ3v) is 4.00. The maximum absolute atomic E-state index is 10.9. The molecule has 3 rings (SSSR count). The van der Waals surface area contributed by atoms with E-state index in [-0.39, 0.29) is 5.69 Å². The summed E-state index contributed by atoms with van der Waals surface area (Å²) in [6.45, 7) is 0. The molecule has 1 aliphatic rings. The molecule has 20 heavy (non-hydrogen) atoms. The molecule has 0 amide bonds. The van der Waals surface area contributed by atoms with Crippen LogP contribution in [0.25, 0.3) is 0 Å². The summed E-state index contributed by atoms with van der Waals surface area (Å²) in [5.74, 6) is -1.08. The topological polar surface area (TPSA) is 107 Å². The highest BCUT2D eigenvalue weighted by atomic mass is 32.2. The van der Waals surface area contributed by atoms with Gasteiger partial charge in [0.25, 0.3) is 0 Å². The molecule has 8 nitrogen and oxygen atoms in total. The highest BCUT2D eigenvalue weighted by Gasteiger charge is 2.22. The second-order valence-corrected chi connectivity index (χ2v) is 5.41. The lowest BCUT2D eigenvalue weighted by atomic mass is 10.3. The summed E-state index contributed by atoms with van der Waals surface area (Å²) in [4.78, 5) is 18.9. The number of carbonyl (C=O) groups is 1. The van der Waals surface area contributed by atoms with Gasteiger partial charge in [0.15, 0.2) is 10.9 Å². The number of hydrogen-bond acceptors (Lipinski definition) is 7. The fourth-order valence-corrected chi connectivity index (χ4v) is 3.00. The molecule has 104 valence electrons. The number of hydrogen-bond donors (Lipinski definition) is 1. The number of aromatic carboxylic acids is 1. The van der Waals surface area contributed by atoms with Crippen molar-refractivity contribution < 1.29 is 9.90 Å². The van der Waals surface area contributed by atoms with Crippen molar-refractivity contribution in [1.29, 1.82) is 0 Å². The fraction of sp³-hybridized carbons (Fsp3) is 0.455. The van der Waals surface area contributed by atoms with E-state index in [2.05, 4.69) is 25.5 Å². The third kappa shape index (κ3) is 2.62. The standard InChI is InChI=1S/C11H12N6O2S/c18-9(19)8-5-6-12-10(13-8)20-11-14-15-16-17(11)7-3-1-2-4-7/h5-7H,1-4H2,(H,18,19). The molecule has 0 radical (unpaired) electrons. The number of tetrazole rings is 1. The summed E-state index contributed by atoms with van der Waals surface area (Å²) >= 11 is 1.18. The SMILES string of the molecule is O=C(O)c1ccnc(Sc2nnnn2C2CCCC2)n1. The van der Waals surface area contributed by atoms with Crippen LogP contribution in [-0.4, -0.2) is 41.3 Å². The number of nitrogens with zero attached hydrogens (tertiary/aromatic N) is 6. The van der Waals surface area contributed by atoms with Crippen molar-refractivity contribution in [1.82, 2.24) is 30.2 Å². The van der Waals surface area contributed by atoms with Gasteiger partial charge in [-0.15, -0.1) is 5.10 Å². The van der Waals surface area contributed by atoms with Crippen LogP contribution in [0.5, 0.6) is 0 Å². The van der Waals surface area contributed by atoms with Gasteiger partial charge in [-0.3, -0.25) is 0 Å². The van der Waals surface area contributed by atoms with Gasteiger partial charge >= 0.3 is 5.97 Å². The molecular formula is C11H12N6O2S. The van der Waals surface area contributed by atoms with Crippen molar-refractivity contribution >= 4 is 17.7 Å². The number of carboxylic acid groups (broad SMARTS) is 1. The Morgan fingerprint density at radius 1 is 1.40 bits per heavy atom. The molecular weight excluding hydrogens is 280 g/mol. The van der Waals surface area contributed by atoms with Crippen LogP contribution in [0.15, 0.2) is 22.6 Å². The van der Waals surface area contributed by atoms with Crippen molar-refractivity contribution in [3.8, 4) is 0 Å². The van der Waals surface area contributed by atoms with Gasteiger partial charge in [-0.1, -0.05) is 12.8 Å². The molecule has 0 unspecified atom stereocenters. The summed E-state index contributed by atoms with van der Waals surface area (Å²) in [6, 6.07) is 1.67. The zero-order valence-corrected chi connectivity index (χ0v) is 11.3. The normalized spacial score (nSPS) is 15.6. The number of aromatic nitrogens is 6. The van der Waals surface area contributed by atoms with Gasteiger partial charge in [-0.2, -0.15) is 0 Å². The van der Waals surface area contributed by atoms with E-state index in [1.54, 1.807) is 4.68 Å². The Morgan fingerprint density at radius 2 is 2.20 bits per heavy atom. The first kappa shape index (κ1) is 13.0. The van der Waals surface area contributed by atoms with E-state index in [9.17, 15) is 4.79 Å². The van der Waals surface area contributed by atoms with Crippen LogP contribution in [0.2, 0.25) is 0 Å². The molecule has 0 spiro atoms. The summed E-state index contributed by atoms with van der Waals surface area (Å²) in [5, 5.41) is 21.5. The van der Waals surface area contributed by atoms with E-state index in [0.29, 0.717) is 16.4 Å². The summed E-state index contributed by atoms with van der Waals surface area (Å²) in [7, 11) is 0. The quantitative estimate of drug-likeness (QED) is 0.843. The van der Waals surface area contributed by atoms with Crippen LogP contribution in [0.4, 0.5) is 0 Å². The van der Waals surface area contributed by atoms with Crippen LogP contribution in [0.1, 0.15) is 42.2 Å². The summed E-state index contributed by atoms with van der Waals surface area (Å²) < 4.78 is 1.79. The van der Waals surface area contributed by atoms with Crippen LogP contribution in [0.3, 0.4) is 0 Å². The number of carboxylic acids is 1. The Hall–Kier alpha value is -2.03. The minimum absolute atomic E-state index is 0.0395. The van der Waals surface area contributed by atoms with Gasteiger partial charge in [0.05, 0.1) is 6.04 Å².